The number of nitrogens with zero attached hydrogens (tertiary/aromatic N) is 3. The summed E-state index contributed by atoms with van der Waals surface area (Å²) in [6.07, 6.45) is 1.58. The minimum atomic E-state index is -0.214. The molecule has 1 aromatic heterocycles. The highest BCUT2D eigenvalue weighted by Gasteiger charge is 2.23. The van der Waals surface area contributed by atoms with Gasteiger partial charge in [-0.05, 0) is 37.5 Å². The first-order chi connectivity index (χ1) is 9.97. The van der Waals surface area contributed by atoms with Crippen molar-refractivity contribution in [3.05, 3.63) is 23.9 Å². The number of hydrogen-bond donors (Lipinski definition) is 0. The molecule has 0 saturated carbocycles. The van der Waals surface area contributed by atoms with Crippen LogP contribution in [0.5, 0.6) is 0 Å². The summed E-state index contributed by atoms with van der Waals surface area (Å²) in [4.78, 5) is 20.3. The fraction of sp³-hybridized carbons (Fsp3) is 0.625. The second-order valence-electron chi connectivity index (χ2n) is 6.01. The maximum Gasteiger partial charge on any atom is 0.410 e. The first-order valence-corrected chi connectivity index (χ1v) is 7.64. The average molecular weight is 291 g/mol. The number of amides is 1. The Balaban J connectivity index is 1.95. The lowest BCUT2D eigenvalue weighted by Crippen LogP contribution is -2.49. The Morgan fingerprint density at radius 1 is 1.19 bits per heavy atom. The zero-order chi connectivity index (χ0) is 15.4. The first-order valence-electron chi connectivity index (χ1n) is 7.64. The molecule has 1 amide bonds. The summed E-state index contributed by atoms with van der Waals surface area (Å²) >= 11 is 0. The number of carbonyl (C=O) groups is 1. The van der Waals surface area contributed by atoms with Gasteiger partial charge in [0.15, 0.2) is 0 Å². The van der Waals surface area contributed by atoms with E-state index < -0.39 is 0 Å². The molecule has 1 aromatic rings. The van der Waals surface area contributed by atoms with Gasteiger partial charge in [0, 0.05) is 32.4 Å². The van der Waals surface area contributed by atoms with Gasteiger partial charge in [0.25, 0.3) is 0 Å². The molecule has 1 saturated heterocycles. The quantitative estimate of drug-likeness (QED) is 0.859. The van der Waals surface area contributed by atoms with Crippen LogP contribution in [-0.4, -0.2) is 48.3 Å². The number of aromatic nitrogens is 1. The minimum Gasteiger partial charge on any atom is -0.447 e. The highest BCUT2D eigenvalue weighted by Crippen LogP contribution is 2.20. The second-order valence-corrected chi connectivity index (χ2v) is 6.01. The van der Waals surface area contributed by atoms with Gasteiger partial charge in [0.2, 0.25) is 0 Å². The Morgan fingerprint density at radius 3 is 2.43 bits per heavy atom. The topological polar surface area (TPSA) is 45.7 Å². The molecule has 2 heterocycles. The molecule has 2 rings (SSSR count). The summed E-state index contributed by atoms with van der Waals surface area (Å²) in [6, 6.07) is 4.21. The summed E-state index contributed by atoms with van der Waals surface area (Å²) in [7, 11) is 0. The Bertz CT molecular complexity index is 480. The summed E-state index contributed by atoms with van der Waals surface area (Å²) in [5, 5.41) is 0. The molecule has 5 nitrogen and oxygen atoms in total. The van der Waals surface area contributed by atoms with Crippen molar-refractivity contribution in [1.82, 2.24) is 9.88 Å². The highest BCUT2D eigenvalue weighted by molar-refractivity contribution is 5.68. The summed E-state index contributed by atoms with van der Waals surface area (Å²) in [5.41, 5.74) is 1.29. The zero-order valence-corrected chi connectivity index (χ0v) is 13.4. The highest BCUT2D eigenvalue weighted by atomic mass is 16.6. The van der Waals surface area contributed by atoms with Crippen LogP contribution in [-0.2, 0) is 4.74 Å². The van der Waals surface area contributed by atoms with E-state index in [1.807, 2.05) is 20.0 Å². The van der Waals surface area contributed by atoms with Gasteiger partial charge >= 0.3 is 6.09 Å². The molecule has 1 aliphatic heterocycles. The smallest absolute Gasteiger partial charge is 0.410 e. The summed E-state index contributed by atoms with van der Waals surface area (Å²) < 4.78 is 5.23. The number of hydrogen-bond acceptors (Lipinski definition) is 4. The van der Waals surface area contributed by atoms with Gasteiger partial charge in [-0.1, -0.05) is 13.8 Å². The summed E-state index contributed by atoms with van der Waals surface area (Å²) in [6.45, 7) is 11.0. The summed E-state index contributed by atoms with van der Waals surface area (Å²) in [5.74, 6) is 1.49. The number of ether oxygens (including phenoxy) is 1. The molecule has 0 aromatic carbocycles. The van der Waals surface area contributed by atoms with Crippen LogP contribution in [0.4, 0.5) is 10.6 Å². The van der Waals surface area contributed by atoms with Gasteiger partial charge in [-0.2, -0.15) is 0 Å². The lowest BCUT2D eigenvalue weighted by Gasteiger charge is -2.35. The van der Waals surface area contributed by atoms with Crippen molar-refractivity contribution < 1.29 is 9.53 Å². The number of piperazine rings is 1. The van der Waals surface area contributed by atoms with Gasteiger partial charge < -0.3 is 14.5 Å². The van der Waals surface area contributed by atoms with E-state index in [0.29, 0.717) is 19.0 Å². The van der Waals surface area contributed by atoms with E-state index in [1.165, 1.54) is 5.56 Å². The van der Waals surface area contributed by atoms with Gasteiger partial charge in [-0.15, -0.1) is 0 Å². The normalized spacial score (nSPS) is 15.7. The molecule has 0 N–H and O–H groups in total. The third-order valence-electron chi connectivity index (χ3n) is 3.63. The van der Waals surface area contributed by atoms with E-state index in [-0.39, 0.29) is 12.2 Å². The lowest BCUT2D eigenvalue weighted by molar-refractivity contribution is 0.0751. The van der Waals surface area contributed by atoms with E-state index in [4.69, 9.17) is 4.74 Å². The minimum absolute atomic E-state index is 0.0695. The Morgan fingerprint density at radius 2 is 1.86 bits per heavy atom. The standard InChI is InChI=1S/C16H25N3O2/c1-12(2)14-5-6-17-15(11-14)18-7-9-19(10-8-18)16(20)21-13(3)4/h5-6,11-13H,7-10H2,1-4H3. The maximum absolute atomic E-state index is 11.9. The zero-order valence-electron chi connectivity index (χ0n) is 13.4. The van der Waals surface area contributed by atoms with E-state index in [0.717, 1.165) is 18.9 Å². The molecule has 0 spiro atoms. The van der Waals surface area contributed by atoms with E-state index in [1.54, 1.807) is 4.90 Å². The van der Waals surface area contributed by atoms with Crippen LogP contribution in [0.2, 0.25) is 0 Å². The fourth-order valence-electron chi connectivity index (χ4n) is 2.36. The molecule has 5 heteroatoms. The Kier molecular flexibility index (Phi) is 5.04. The van der Waals surface area contributed by atoms with Gasteiger partial charge in [0.05, 0.1) is 6.10 Å². The number of anilines is 1. The molecular formula is C16H25N3O2. The van der Waals surface area contributed by atoms with Crippen LogP contribution < -0.4 is 4.90 Å². The van der Waals surface area contributed by atoms with Crippen LogP contribution in [0, 0.1) is 0 Å². The molecular weight excluding hydrogens is 266 g/mol. The molecule has 0 aliphatic carbocycles. The number of pyridine rings is 1. The lowest BCUT2D eigenvalue weighted by atomic mass is 10.0. The van der Waals surface area contributed by atoms with Gasteiger partial charge in [-0.3, -0.25) is 0 Å². The monoisotopic (exact) mass is 291 g/mol. The van der Waals surface area contributed by atoms with Gasteiger partial charge in [-0.25, -0.2) is 9.78 Å². The third kappa shape index (κ3) is 4.09. The Hall–Kier alpha value is -1.78. The van der Waals surface area contributed by atoms with Crippen LogP contribution in [0.3, 0.4) is 0 Å². The van der Waals surface area contributed by atoms with Crippen molar-refractivity contribution in [2.45, 2.75) is 39.7 Å². The maximum atomic E-state index is 11.9. The molecule has 0 bridgehead atoms. The van der Waals surface area contributed by atoms with Crippen molar-refractivity contribution in [2.75, 3.05) is 31.1 Å². The Labute approximate surface area is 126 Å². The van der Waals surface area contributed by atoms with Crippen molar-refractivity contribution in [3.63, 3.8) is 0 Å². The third-order valence-corrected chi connectivity index (χ3v) is 3.63. The molecule has 0 atom stereocenters. The second kappa shape index (κ2) is 6.78. The van der Waals surface area contributed by atoms with Gasteiger partial charge in [0.1, 0.15) is 5.82 Å². The van der Waals surface area contributed by atoms with Crippen molar-refractivity contribution >= 4 is 11.9 Å². The molecule has 0 unspecified atom stereocenters. The predicted octanol–water partition coefficient (Wildman–Crippen LogP) is 2.87. The molecule has 1 fully saturated rings. The van der Waals surface area contributed by atoms with Crippen LogP contribution >= 0.6 is 0 Å². The van der Waals surface area contributed by atoms with Crippen molar-refractivity contribution in [3.8, 4) is 0 Å². The molecule has 21 heavy (non-hydrogen) atoms. The largest absolute Gasteiger partial charge is 0.447 e. The number of rotatable bonds is 3. The van der Waals surface area contributed by atoms with E-state index in [2.05, 4.69) is 35.9 Å². The van der Waals surface area contributed by atoms with Crippen LogP contribution in [0.1, 0.15) is 39.2 Å². The van der Waals surface area contributed by atoms with E-state index >= 15 is 0 Å². The van der Waals surface area contributed by atoms with Crippen LogP contribution in [0.15, 0.2) is 18.3 Å². The van der Waals surface area contributed by atoms with Crippen molar-refractivity contribution in [1.29, 1.82) is 0 Å². The molecule has 1 aliphatic rings. The van der Waals surface area contributed by atoms with E-state index in [9.17, 15) is 4.79 Å². The average Bonchev–Trinajstić information content (AvgIpc) is 2.47. The van der Waals surface area contributed by atoms with Crippen LogP contribution in [0.25, 0.3) is 0 Å². The fourth-order valence-corrected chi connectivity index (χ4v) is 2.36. The predicted molar refractivity (Wildman–Crippen MR) is 83.7 cm³/mol. The first kappa shape index (κ1) is 15.6. The molecule has 116 valence electrons. The number of carbonyl (C=O) groups excluding carboxylic acids is 1. The SMILES string of the molecule is CC(C)OC(=O)N1CCN(c2cc(C(C)C)ccn2)CC1. The van der Waals surface area contributed by atoms with Crippen molar-refractivity contribution in [2.24, 2.45) is 0 Å². The molecule has 0 radical (unpaired) electrons.